The van der Waals surface area contributed by atoms with E-state index in [1.807, 2.05) is 0 Å². The molecule has 0 aromatic carbocycles. The second-order valence-electron chi connectivity index (χ2n) is 6.08. The second-order valence-corrected chi connectivity index (χ2v) is 6.64. The molecule has 1 aliphatic heterocycles. The summed E-state index contributed by atoms with van der Waals surface area (Å²) in [5.41, 5.74) is 0.502. The van der Waals surface area contributed by atoms with Crippen molar-refractivity contribution in [3.63, 3.8) is 0 Å². The molecule has 0 N–H and O–H groups in total. The van der Waals surface area contributed by atoms with Gasteiger partial charge in [0.1, 0.15) is 0 Å². The largest absolute Gasteiger partial charge is 0.377 e. The summed E-state index contributed by atoms with van der Waals surface area (Å²) in [6.07, 6.45) is 12.0. The van der Waals surface area contributed by atoms with Gasteiger partial charge >= 0.3 is 0 Å². The molecule has 1 nitrogen and oxygen atoms in total. The molecule has 92 valence electrons. The fourth-order valence-corrected chi connectivity index (χ4v) is 5.11. The molecule has 2 aliphatic carbocycles. The van der Waals surface area contributed by atoms with E-state index in [1.54, 1.807) is 0 Å². The Morgan fingerprint density at radius 2 is 1.81 bits per heavy atom. The molecule has 1 saturated heterocycles. The monoisotopic (exact) mass is 286 g/mol. The SMILES string of the molecule is BrCC1(C2CCCCC2)CCOC1C1CC1. The van der Waals surface area contributed by atoms with Crippen LogP contribution in [0.1, 0.15) is 51.4 Å². The van der Waals surface area contributed by atoms with Crippen molar-refractivity contribution in [2.45, 2.75) is 57.5 Å². The molecule has 3 fully saturated rings. The third kappa shape index (κ3) is 1.86. The fraction of sp³-hybridized carbons (Fsp3) is 1.00. The average molecular weight is 287 g/mol. The van der Waals surface area contributed by atoms with Crippen molar-refractivity contribution in [3.8, 4) is 0 Å². The minimum Gasteiger partial charge on any atom is -0.377 e. The average Bonchev–Trinajstić information content (AvgIpc) is 3.10. The van der Waals surface area contributed by atoms with E-state index in [9.17, 15) is 0 Å². The third-order valence-corrected chi connectivity index (χ3v) is 6.19. The summed E-state index contributed by atoms with van der Waals surface area (Å²) in [4.78, 5) is 0. The van der Waals surface area contributed by atoms with Crippen molar-refractivity contribution < 1.29 is 4.74 Å². The summed E-state index contributed by atoms with van der Waals surface area (Å²) in [5, 5.41) is 1.17. The third-order valence-electron chi connectivity index (χ3n) is 5.15. The number of alkyl halides is 1. The lowest BCUT2D eigenvalue weighted by Crippen LogP contribution is -2.42. The molecule has 2 atom stereocenters. The van der Waals surface area contributed by atoms with Crippen LogP contribution in [-0.4, -0.2) is 18.0 Å². The van der Waals surface area contributed by atoms with Crippen LogP contribution in [0.4, 0.5) is 0 Å². The predicted octanol–water partition coefficient (Wildman–Crippen LogP) is 4.15. The fourth-order valence-electron chi connectivity index (χ4n) is 4.05. The molecular formula is C14H23BrO. The summed E-state index contributed by atoms with van der Waals surface area (Å²) in [7, 11) is 0. The normalized spacial score (nSPS) is 41.4. The van der Waals surface area contributed by atoms with Crippen LogP contribution in [-0.2, 0) is 4.74 Å². The predicted molar refractivity (Wildman–Crippen MR) is 69.9 cm³/mol. The van der Waals surface area contributed by atoms with Crippen LogP contribution in [0.5, 0.6) is 0 Å². The Balaban J connectivity index is 1.79. The van der Waals surface area contributed by atoms with Gasteiger partial charge in [-0.25, -0.2) is 0 Å². The van der Waals surface area contributed by atoms with E-state index >= 15 is 0 Å². The molecule has 0 radical (unpaired) electrons. The van der Waals surface area contributed by atoms with Gasteiger partial charge in [-0.05, 0) is 43.9 Å². The first-order valence-corrected chi connectivity index (χ1v) is 8.16. The van der Waals surface area contributed by atoms with E-state index in [0.29, 0.717) is 11.5 Å². The van der Waals surface area contributed by atoms with E-state index in [0.717, 1.165) is 18.4 Å². The van der Waals surface area contributed by atoms with Gasteiger partial charge in [0.25, 0.3) is 0 Å². The highest BCUT2D eigenvalue weighted by Gasteiger charge is 2.53. The van der Waals surface area contributed by atoms with E-state index < -0.39 is 0 Å². The summed E-state index contributed by atoms with van der Waals surface area (Å²) in [6, 6.07) is 0. The molecule has 2 heteroatoms. The Morgan fingerprint density at radius 3 is 2.44 bits per heavy atom. The molecule has 2 unspecified atom stereocenters. The molecule has 3 aliphatic rings. The lowest BCUT2D eigenvalue weighted by molar-refractivity contribution is 0.00293. The summed E-state index contributed by atoms with van der Waals surface area (Å²) >= 11 is 3.83. The van der Waals surface area contributed by atoms with Gasteiger partial charge in [-0.3, -0.25) is 0 Å². The van der Waals surface area contributed by atoms with Gasteiger partial charge in [-0.2, -0.15) is 0 Å². The van der Waals surface area contributed by atoms with Gasteiger partial charge in [0.05, 0.1) is 6.10 Å². The zero-order chi connectivity index (χ0) is 11.0. The lowest BCUT2D eigenvalue weighted by Gasteiger charge is -2.42. The lowest BCUT2D eigenvalue weighted by atomic mass is 9.65. The molecule has 1 heterocycles. The Hall–Kier alpha value is 0.440. The van der Waals surface area contributed by atoms with Crippen molar-refractivity contribution in [1.29, 1.82) is 0 Å². The van der Waals surface area contributed by atoms with Crippen LogP contribution in [0.2, 0.25) is 0 Å². The van der Waals surface area contributed by atoms with Crippen LogP contribution in [0.3, 0.4) is 0 Å². The highest BCUT2D eigenvalue weighted by atomic mass is 79.9. The molecule has 0 spiro atoms. The van der Waals surface area contributed by atoms with E-state index in [2.05, 4.69) is 15.9 Å². The number of rotatable bonds is 3. The van der Waals surface area contributed by atoms with E-state index in [-0.39, 0.29) is 0 Å². The van der Waals surface area contributed by atoms with Gasteiger partial charge in [0.15, 0.2) is 0 Å². The molecule has 16 heavy (non-hydrogen) atoms. The first kappa shape index (κ1) is 11.5. The maximum Gasteiger partial charge on any atom is 0.0670 e. The van der Waals surface area contributed by atoms with Gasteiger partial charge < -0.3 is 4.74 Å². The quantitative estimate of drug-likeness (QED) is 0.709. The number of hydrogen-bond acceptors (Lipinski definition) is 1. The Kier molecular flexibility index (Phi) is 3.32. The molecule has 0 bridgehead atoms. The first-order chi connectivity index (χ1) is 7.87. The van der Waals surface area contributed by atoms with Crippen molar-refractivity contribution in [2.24, 2.45) is 17.3 Å². The molecule has 0 amide bonds. The molecule has 3 rings (SSSR count). The molecule has 2 saturated carbocycles. The molecular weight excluding hydrogens is 264 g/mol. The van der Waals surface area contributed by atoms with Crippen LogP contribution >= 0.6 is 15.9 Å². The van der Waals surface area contributed by atoms with Crippen molar-refractivity contribution in [2.75, 3.05) is 11.9 Å². The maximum absolute atomic E-state index is 6.11. The van der Waals surface area contributed by atoms with Gasteiger partial charge in [0, 0.05) is 17.4 Å². The Labute approximate surface area is 107 Å². The summed E-state index contributed by atoms with van der Waals surface area (Å²) in [6.45, 7) is 1.02. The summed E-state index contributed by atoms with van der Waals surface area (Å²) < 4.78 is 6.11. The van der Waals surface area contributed by atoms with Crippen molar-refractivity contribution in [3.05, 3.63) is 0 Å². The first-order valence-electron chi connectivity index (χ1n) is 7.04. The number of hydrogen-bond donors (Lipinski definition) is 0. The topological polar surface area (TPSA) is 9.23 Å². The standard InChI is InChI=1S/C14H23BrO/c15-10-14(12-4-2-1-3-5-12)8-9-16-13(14)11-6-7-11/h11-13H,1-10H2. The van der Waals surface area contributed by atoms with Crippen LogP contribution in [0, 0.1) is 17.3 Å². The van der Waals surface area contributed by atoms with Crippen LogP contribution in [0.15, 0.2) is 0 Å². The minimum absolute atomic E-state index is 0.502. The highest BCUT2D eigenvalue weighted by Crippen LogP contribution is 2.55. The van der Waals surface area contributed by atoms with Crippen LogP contribution in [0.25, 0.3) is 0 Å². The van der Waals surface area contributed by atoms with Crippen molar-refractivity contribution >= 4 is 15.9 Å². The number of halogens is 1. The number of ether oxygens (including phenoxy) is 1. The van der Waals surface area contributed by atoms with E-state index in [1.165, 1.54) is 56.7 Å². The van der Waals surface area contributed by atoms with E-state index in [4.69, 9.17) is 4.74 Å². The maximum atomic E-state index is 6.11. The van der Waals surface area contributed by atoms with Gasteiger partial charge in [-0.15, -0.1) is 0 Å². The molecule has 0 aromatic heterocycles. The zero-order valence-electron chi connectivity index (χ0n) is 10.1. The van der Waals surface area contributed by atoms with Crippen molar-refractivity contribution in [1.82, 2.24) is 0 Å². The summed E-state index contributed by atoms with van der Waals surface area (Å²) in [5.74, 6) is 1.84. The second kappa shape index (κ2) is 4.61. The smallest absolute Gasteiger partial charge is 0.0670 e. The Bertz CT molecular complexity index is 245. The Morgan fingerprint density at radius 1 is 1.06 bits per heavy atom. The van der Waals surface area contributed by atoms with Gasteiger partial charge in [0.2, 0.25) is 0 Å². The minimum atomic E-state index is 0.502. The highest BCUT2D eigenvalue weighted by molar-refractivity contribution is 9.09. The zero-order valence-corrected chi connectivity index (χ0v) is 11.7. The molecule has 0 aromatic rings. The van der Waals surface area contributed by atoms with Crippen LogP contribution < -0.4 is 0 Å². The van der Waals surface area contributed by atoms with Gasteiger partial charge in [-0.1, -0.05) is 35.2 Å².